The number of nitrogens with zero attached hydrogens (tertiary/aromatic N) is 1. The highest BCUT2D eigenvalue weighted by molar-refractivity contribution is 5.91. The van der Waals surface area contributed by atoms with Crippen molar-refractivity contribution < 1.29 is 4.79 Å². The smallest absolute Gasteiger partial charge is 0.228 e. The first-order valence-corrected chi connectivity index (χ1v) is 5.64. The highest BCUT2D eigenvalue weighted by Crippen LogP contribution is 2.25. The van der Waals surface area contributed by atoms with Gasteiger partial charge in [0.05, 0.1) is 0 Å². The van der Waals surface area contributed by atoms with E-state index in [1.165, 1.54) is 0 Å². The van der Waals surface area contributed by atoms with Crippen molar-refractivity contribution in [3.63, 3.8) is 0 Å². The minimum Gasteiger partial charge on any atom is -0.328 e. The van der Waals surface area contributed by atoms with Crippen LogP contribution in [0, 0.1) is 12.8 Å². The predicted molar refractivity (Wildman–Crippen MR) is 62.9 cm³/mol. The summed E-state index contributed by atoms with van der Waals surface area (Å²) in [7, 11) is 0. The van der Waals surface area contributed by atoms with Crippen molar-refractivity contribution in [1.82, 2.24) is 4.98 Å². The standard InChI is InChI=1S/C12H17N3O/c1-8-2-5-11(14-7-8)15-12(16)9-3-4-10(13)6-9/h2,5,7,9-10H,3-4,6,13H2,1H3,(H,14,15,16). The summed E-state index contributed by atoms with van der Waals surface area (Å²) in [6.07, 6.45) is 4.37. The Kier molecular flexibility index (Phi) is 3.19. The van der Waals surface area contributed by atoms with E-state index in [-0.39, 0.29) is 17.9 Å². The second kappa shape index (κ2) is 4.61. The van der Waals surface area contributed by atoms with Gasteiger partial charge in [-0.15, -0.1) is 0 Å². The molecular formula is C12H17N3O. The molecule has 1 amide bonds. The van der Waals surface area contributed by atoms with E-state index in [0.717, 1.165) is 24.8 Å². The highest BCUT2D eigenvalue weighted by Gasteiger charge is 2.27. The Labute approximate surface area is 95.3 Å². The van der Waals surface area contributed by atoms with Crippen molar-refractivity contribution in [2.75, 3.05) is 5.32 Å². The van der Waals surface area contributed by atoms with Crippen LogP contribution in [0.2, 0.25) is 0 Å². The predicted octanol–water partition coefficient (Wildman–Crippen LogP) is 1.46. The number of nitrogens with one attached hydrogen (secondary N) is 1. The molecule has 2 unspecified atom stereocenters. The topological polar surface area (TPSA) is 68.0 Å². The van der Waals surface area contributed by atoms with Gasteiger partial charge in [0.15, 0.2) is 0 Å². The molecule has 0 aliphatic heterocycles. The number of carbonyl (C=O) groups is 1. The Morgan fingerprint density at radius 1 is 1.50 bits per heavy atom. The largest absolute Gasteiger partial charge is 0.328 e. The van der Waals surface area contributed by atoms with Crippen molar-refractivity contribution in [3.8, 4) is 0 Å². The van der Waals surface area contributed by atoms with Gasteiger partial charge in [0.2, 0.25) is 5.91 Å². The third-order valence-corrected chi connectivity index (χ3v) is 3.01. The van der Waals surface area contributed by atoms with Gasteiger partial charge < -0.3 is 11.1 Å². The molecule has 1 aromatic rings. The van der Waals surface area contributed by atoms with Crippen LogP contribution in [0.1, 0.15) is 24.8 Å². The minimum atomic E-state index is 0.0457. The highest BCUT2D eigenvalue weighted by atomic mass is 16.1. The fourth-order valence-corrected chi connectivity index (χ4v) is 2.02. The number of amides is 1. The maximum Gasteiger partial charge on any atom is 0.228 e. The summed E-state index contributed by atoms with van der Waals surface area (Å²) in [6, 6.07) is 3.94. The minimum absolute atomic E-state index is 0.0457. The van der Waals surface area contributed by atoms with Gasteiger partial charge in [-0.3, -0.25) is 4.79 Å². The number of pyridine rings is 1. The van der Waals surface area contributed by atoms with E-state index < -0.39 is 0 Å². The zero-order valence-electron chi connectivity index (χ0n) is 9.44. The molecule has 1 aliphatic carbocycles. The first-order chi connectivity index (χ1) is 7.65. The Hall–Kier alpha value is -1.42. The normalized spacial score (nSPS) is 24.4. The Morgan fingerprint density at radius 3 is 2.88 bits per heavy atom. The second-order valence-electron chi connectivity index (χ2n) is 4.48. The molecule has 1 heterocycles. The lowest BCUT2D eigenvalue weighted by Crippen LogP contribution is -2.23. The number of hydrogen-bond acceptors (Lipinski definition) is 3. The SMILES string of the molecule is Cc1ccc(NC(=O)C2CCC(N)C2)nc1. The summed E-state index contributed by atoms with van der Waals surface area (Å²) in [5, 5.41) is 2.83. The van der Waals surface area contributed by atoms with Gasteiger partial charge in [0, 0.05) is 18.2 Å². The summed E-state index contributed by atoms with van der Waals surface area (Å²) < 4.78 is 0. The maximum atomic E-state index is 11.8. The Balaban J connectivity index is 1.94. The van der Waals surface area contributed by atoms with Crippen LogP contribution in [0.3, 0.4) is 0 Å². The Bertz CT molecular complexity index is 374. The van der Waals surface area contributed by atoms with Gasteiger partial charge in [-0.1, -0.05) is 6.07 Å². The lowest BCUT2D eigenvalue weighted by atomic mass is 10.1. The summed E-state index contributed by atoms with van der Waals surface area (Å²) in [5.74, 6) is 0.721. The number of carbonyl (C=O) groups excluding carboxylic acids is 1. The molecule has 2 rings (SSSR count). The molecule has 0 bridgehead atoms. The van der Waals surface area contributed by atoms with Gasteiger partial charge in [-0.05, 0) is 37.8 Å². The molecule has 0 aromatic carbocycles. The number of anilines is 1. The number of hydrogen-bond donors (Lipinski definition) is 2. The number of nitrogens with two attached hydrogens (primary N) is 1. The molecule has 4 nitrogen and oxygen atoms in total. The maximum absolute atomic E-state index is 11.8. The molecule has 2 atom stereocenters. The fraction of sp³-hybridized carbons (Fsp3) is 0.500. The molecule has 1 aromatic heterocycles. The van der Waals surface area contributed by atoms with Crippen molar-refractivity contribution in [3.05, 3.63) is 23.9 Å². The molecular weight excluding hydrogens is 202 g/mol. The lowest BCUT2D eigenvalue weighted by molar-refractivity contribution is -0.119. The molecule has 0 spiro atoms. The molecule has 0 radical (unpaired) electrons. The zero-order chi connectivity index (χ0) is 11.5. The van der Waals surface area contributed by atoms with Crippen LogP contribution in [0.4, 0.5) is 5.82 Å². The molecule has 86 valence electrons. The van der Waals surface area contributed by atoms with Crippen molar-refractivity contribution in [1.29, 1.82) is 0 Å². The van der Waals surface area contributed by atoms with Crippen LogP contribution in [0.5, 0.6) is 0 Å². The van der Waals surface area contributed by atoms with Crippen LogP contribution in [0.25, 0.3) is 0 Å². The van der Waals surface area contributed by atoms with Crippen LogP contribution in [-0.2, 0) is 4.79 Å². The summed E-state index contributed by atoms with van der Waals surface area (Å²) >= 11 is 0. The first kappa shape index (κ1) is 11.1. The summed E-state index contributed by atoms with van der Waals surface area (Å²) in [4.78, 5) is 16.0. The van der Waals surface area contributed by atoms with Crippen molar-refractivity contribution >= 4 is 11.7 Å². The first-order valence-electron chi connectivity index (χ1n) is 5.64. The molecule has 0 saturated heterocycles. The van der Waals surface area contributed by atoms with E-state index in [0.29, 0.717) is 5.82 Å². The van der Waals surface area contributed by atoms with Crippen LogP contribution < -0.4 is 11.1 Å². The molecule has 16 heavy (non-hydrogen) atoms. The molecule has 1 saturated carbocycles. The van der Waals surface area contributed by atoms with E-state index in [9.17, 15) is 4.79 Å². The second-order valence-corrected chi connectivity index (χ2v) is 4.48. The summed E-state index contributed by atoms with van der Waals surface area (Å²) in [5.41, 5.74) is 6.86. The van der Waals surface area contributed by atoms with Crippen LogP contribution in [-0.4, -0.2) is 16.9 Å². The van der Waals surface area contributed by atoms with E-state index in [1.54, 1.807) is 6.20 Å². The number of aromatic nitrogens is 1. The molecule has 1 fully saturated rings. The van der Waals surface area contributed by atoms with Crippen molar-refractivity contribution in [2.45, 2.75) is 32.2 Å². The van der Waals surface area contributed by atoms with Gasteiger partial charge in [-0.25, -0.2) is 4.98 Å². The third kappa shape index (κ3) is 2.58. The van der Waals surface area contributed by atoms with Crippen LogP contribution >= 0.6 is 0 Å². The third-order valence-electron chi connectivity index (χ3n) is 3.01. The van der Waals surface area contributed by atoms with Gasteiger partial charge in [0.25, 0.3) is 0 Å². The molecule has 1 aliphatic rings. The average Bonchev–Trinajstić information content (AvgIpc) is 2.68. The quantitative estimate of drug-likeness (QED) is 0.791. The van der Waals surface area contributed by atoms with E-state index in [4.69, 9.17) is 5.73 Å². The zero-order valence-corrected chi connectivity index (χ0v) is 9.44. The number of aryl methyl sites for hydroxylation is 1. The average molecular weight is 219 g/mol. The van der Waals surface area contributed by atoms with Gasteiger partial charge in [-0.2, -0.15) is 0 Å². The molecule has 4 heteroatoms. The fourth-order valence-electron chi connectivity index (χ4n) is 2.02. The van der Waals surface area contributed by atoms with Crippen molar-refractivity contribution in [2.24, 2.45) is 11.7 Å². The number of rotatable bonds is 2. The summed E-state index contributed by atoms with van der Waals surface area (Å²) in [6.45, 7) is 1.97. The van der Waals surface area contributed by atoms with Gasteiger partial charge >= 0.3 is 0 Å². The lowest BCUT2D eigenvalue weighted by Gasteiger charge is -2.09. The van der Waals surface area contributed by atoms with E-state index in [2.05, 4.69) is 10.3 Å². The van der Waals surface area contributed by atoms with E-state index >= 15 is 0 Å². The Morgan fingerprint density at radius 2 is 2.31 bits per heavy atom. The van der Waals surface area contributed by atoms with Crippen LogP contribution in [0.15, 0.2) is 18.3 Å². The van der Waals surface area contributed by atoms with Gasteiger partial charge in [0.1, 0.15) is 5.82 Å². The molecule has 3 N–H and O–H groups in total. The van der Waals surface area contributed by atoms with E-state index in [1.807, 2.05) is 19.1 Å². The monoisotopic (exact) mass is 219 g/mol.